The SMILES string of the molecule is COc1ccc(-n2c(SCC(=O)N/N=C(/C)c3ccc(O)c(OC)c3)nnc2-c2ccc(C(C)(C)C)cc2)cc1. The highest BCUT2D eigenvalue weighted by Crippen LogP contribution is 2.31. The lowest BCUT2D eigenvalue weighted by atomic mass is 9.87. The summed E-state index contributed by atoms with van der Waals surface area (Å²) in [5.41, 5.74) is 6.88. The van der Waals surface area contributed by atoms with Crippen LogP contribution in [0.25, 0.3) is 17.1 Å². The van der Waals surface area contributed by atoms with Crippen LogP contribution in [0.5, 0.6) is 17.2 Å². The van der Waals surface area contributed by atoms with E-state index in [9.17, 15) is 9.90 Å². The van der Waals surface area contributed by atoms with Crippen molar-refractivity contribution < 1.29 is 19.4 Å². The molecule has 4 aromatic rings. The third kappa shape index (κ3) is 6.63. The maximum atomic E-state index is 12.7. The van der Waals surface area contributed by atoms with Crippen molar-refractivity contribution in [1.82, 2.24) is 20.2 Å². The van der Waals surface area contributed by atoms with E-state index in [2.05, 4.69) is 53.6 Å². The van der Waals surface area contributed by atoms with Crippen LogP contribution in [0.3, 0.4) is 0 Å². The highest BCUT2D eigenvalue weighted by Gasteiger charge is 2.19. The molecule has 0 saturated carbocycles. The first-order valence-corrected chi connectivity index (χ1v) is 13.6. The van der Waals surface area contributed by atoms with Crippen LogP contribution < -0.4 is 14.9 Å². The van der Waals surface area contributed by atoms with E-state index in [1.807, 2.05) is 41.0 Å². The fourth-order valence-corrected chi connectivity index (χ4v) is 4.65. The minimum atomic E-state index is -0.296. The number of phenolic OH excluding ortho intramolecular Hbond substituents is 1. The summed E-state index contributed by atoms with van der Waals surface area (Å²) in [6.45, 7) is 8.29. The summed E-state index contributed by atoms with van der Waals surface area (Å²) in [4.78, 5) is 12.7. The van der Waals surface area contributed by atoms with E-state index in [1.54, 1.807) is 26.2 Å². The first kappa shape index (κ1) is 28.7. The van der Waals surface area contributed by atoms with Gasteiger partial charge < -0.3 is 14.6 Å². The molecule has 208 valence electrons. The molecule has 0 aliphatic carbocycles. The van der Waals surface area contributed by atoms with Gasteiger partial charge in [0.05, 0.1) is 25.7 Å². The number of ether oxygens (including phenoxy) is 2. The van der Waals surface area contributed by atoms with E-state index < -0.39 is 0 Å². The maximum Gasteiger partial charge on any atom is 0.250 e. The van der Waals surface area contributed by atoms with Gasteiger partial charge in [0.2, 0.25) is 0 Å². The Balaban J connectivity index is 1.55. The zero-order valence-electron chi connectivity index (χ0n) is 23.4. The molecule has 1 aromatic heterocycles. The molecule has 1 amide bonds. The quantitative estimate of drug-likeness (QED) is 0.156. The molecule has 4 rings (SSSR count). The molecule has 0 bridgehead atoms. The van der Waals surface area contributed by atoms with E-state index >= 15 is 0 Å². The Hall–Kier alpha value is -4.31. The third-order valence-electron chi connectivity index (χ3n) is 6.25. The Morgan fingerprint density at radius 3 is 2.33 bits per heavy atom. The predicted octanol–water partition coefficient (Wildman–Crippen LogP) is 5.59. The number of benzene rings is 3. The Morgan fingerprint density at radius 1 is 1.00 bits per heavy atom. The lowest BCUT2D eigenvalue weighted by Gasteiger charge is -2.19. The monoisotopic (exact) mass is 559 g/mol. The standard InChI is InChI=1S/C30H33N5O4S/c1-19(21-9-16-25(36)26(17-21)39-6)31-32-27(37)18-40-29-34-33-28(20-7-10-22(11-8-20)30(2,3)4)35(29)23-12-14-24(38-5)15-13-23/h7-17,36H,18H2,1-6H3,(H,32,37)/b31-19-. The van der Waals surface area contributed by atoms with Crippen LogP contribution in [-0.2, 0) is 10.2 Å². The average Bonchev–Trinajstić information content (AvgIpc) is 3.38. The van der Waals surface area contributed by atoms with Crippen molar-refractivity contribution in [2.75, 3.05) is 20.0 Å². The number of phenols is 1. The Labute approximate surface area is 238 Å². The molecule has 1 heterocycles. The minimum absolute atomic E-state index is 0.0324. The number of aromatic nitrogens is 3. The number of carbonyl (C=O) groups excluding carboxylic acids is 1. The van der Waals surface area contributed by atoms with Gasteiger partial charge in [0.1, 0.15) is 5.75 Å². The molecule has 0 radical (unpaired) electrons. The topological polar surface area (TPSA) is 111 Å². The number of methoxy groups -OCH3 is 2. The van der Waals surface area contributed by atoms with Crippen molar-refractivity contribution in [1.29, 1.82) is 0 Å². The molecule has 0 atom stereocenters. The van der Waals surface area contributed by atoms with E-state index in [-0.39, 0.29) is 22.8 Å². The second kappa shape index (κ2) is 12.3. The lowest BCUT2D eigenvalue weighted by molar-refractivity contribution is -0.118. The molecular weight excluding hydrogens is 526 g/mol. The van der Waals surface area contributed by atoms with Crippen molar-refractivity contribution in [2.45, 2.75) is 38.3 Å². The molecule has 0 spiro atoms. The molecule has 0 fully saturated rings. The van der Waals surface area contributed by atoms with Crippen LogP contribution in [0.4, 0.5) is 0 Å². The molecule has 40 heavy (non-hydrogen) atoms. The Morgan fingerprint density at radius 2 is 1.70 bits per heavy atom. The van der Waals surface area contributed by atoms with Crippen LogP contribution in [-0.4, -0.2) is 51.5 Å². The summed E-state index contributed by atoms with van der Waals surface area (Å²) in [7, 11) is 3.10. The summed E-state index contributed by atoms with van der Waals surface area (Å²) >= 11 is 1.26. The molecule has 0 aliphatic heterocycles. The maximum absolute atomic E-state index is 12.7. The van der Waals surface area contributed by atoms with E-state index in [4.69, 9.17) is 9.47 Å². The third-order valence-corrected chi connectivity index (χ3v) is 7.18. The minimum Gasteiger partial charge on any atom is -0.504 e. The number of amides is 1. The smallest absolute Gasteiger partial charge is 0.250 e. The van der Waals surface area contributed by atoms with Crippen LogP contribution in [0, 0.1) is 0 Å². The van der Waals surface area contributed by atoms with Crippen molar-refractivity contribution in [3.63, 3.8) is 0 Å². The summed E-state index contributed by atoms with van der Waals surface area (Å²) in [6.07, 6.45) is 0. The van der Waals surface area contributed by atoms with Crippen molar-refractivity contribution in [2.24, 2.45) is 5.10 Å². The van der Waals surface area contributed by atoms with Gasteiger partial charge >= 0.3 is 0 Å². The average molecular weight is 560 g/mol. The normalized spacial score (nSPS) is 11.8. The first-order valence-electron chi connectivity index (χ1n) is 12.6. The van der Waals surface area contributed by atoms with Gasteiger partial charge in [-0.25, -0.2) is 5.43 Å². The zero-order valence-corrected chi connectivity index (χ0v) is 24.2. The first-order chi connectivity index (χ1) is 19.1. The van der Waals surface area contributed by atoms with Crippen molar-refractivity contribution in [3.8, 4) is 34.3 Å². The molecule has 2 N–H and O–H groups in total. The van der Waals surface area contributed by atoms with Crippen LogP contribution in [0.2, 0.25) is 0 Å². The number of hydrogen-bond donors (Lipinski definition) is 2. The number of rotatable bonds is 9. The van der Waals surface area contributed by atoms with Crippen molar-refractivity contribution in [3.05, 3.63) is 77.9 Å². The van der Waals surface area contributed by atoms with Gasteiger partial charge in [0.25, 0.3) is 5.91 Å². The van der Waals surface area contributed by atoms with E-state index in [0.29, 0.717) is 28.0 Å². The Kier molecular flexibility index (Phi) is 8.79. The van der Waals surface area contributed by atoms with Crippen LogP contribution in [0.15, 0.2) is 77.0 Å². The predicted molar refractivity (Wildman–Crippen MR) is 158 cm³/mol. The van der Waals surface area contributed by atoms with Gasteiger partial charge in [-0.3, -0.25) is 9.36 Å². The number of thioether (sulfide) groups is 1. The molecule has 9 nitrogen and oxygen atoms in total. The summed E-state index contributed by atoms with van der Waals surface area (Å²) in [6, 6.07) is 20.8. The van der Waals surface area contributed by atoms with Crippen molar-refractivity contribution >= 4 is 23.4 Å². The molecule has 0 aliphatic rings. The number of aromatic hydroxyl groups is 1. The second-order valence-corrected chi connectivity index (χ2v) is 11.0. The zero-order chi connectivity index (χ0) is 28.9. The molecular formula is C30H33N5O4S. The lowest BCUT2D eigenvalue weighted by Crippen LogP contribution is -2.21. The summed E-state index contributed by atoms with van der Waals surface area (Å²) < 4.78 is 12.4. The molecule has 0 unspecified atom stereocenters. The highest BCUT2D eigenvalue weighted by atomic mass is 32.2. The summed E-state index contributed by atoms with van der Waals surface area (Å²) in [5.74, 6) is 1.55. The van der Waals surface area contributed by atoms with Gasteiger partial charge in [-0.2, -0.15) is 5.10 Å². The number of hydrogen-bond acceptors (Lipinski definition) is 8. The van der Waals surface area contributed by atoms with Gasteiger partial charge in [-0.05, 0) is 60.4 Å². The second-order valence-electron chi connectivity index (χ2n) is 10.1. The van der Waals surface area contributed by atoms with Crippen LogP contribution >= 0.6 is 11.8 Å². The fraction of sp³-hybridized carbons (Fsp3) is 0.267. The largest absolute Gasteiger partial charge is 0.504 e. The number of hydrazone groups is 1. The fourth-order valence-electron chi connectivity index (χ4n) is 3.91. The Bertz CT molecular complexity index is 1510. The molecule has 3 aromatic carbocycles. The van der Waals surface area contributed by atoms with Gasteiger partial charge in [-0.15, -0.1) is 10.2 Å². The van der Waals surface area contributed by atoms with Gasteiger partial charge in [-0.1, -0.05) is 56.8 Å². The van der Waals surface area contributed by atoms with Gasteiger partial charge in [0.15, 0.2) is 22.5 Å². The number of carbonyl (C=O) groups is 1. The number of nitrogens with zero attached hydrogens (tertiary/aromatic N) is 4. The molecule has 10 heteroatoms. The van der Waals surface area contributed by atoms with E-state index in [1.165, 1.54) is 30.5 Å². The highest BCUT2D eigenvalue weighted by molar-refractivity contribution is 7.99. The number of nitrogens with one attached hydrogen (secondary N) is 1. The summed E-state index contributed by atoms with van der Waals surface area (Å²) in [5, 5.41) is 23.5. The van der Waals surface area contributed by atoms with E-state index in [0.717, 1.165) is 17.0 Å². The van der Waals surface area contributed by atoms with Crippen LogP contribution in [0.1, 0.15) is 38.8 Å². The van der Waals surface area contributed by atoms with Gasteiger partial charge in [0, 0.05) is 16.8 Å². The molecule has 0 saturated heterocycles.